The minimum absolute atomic E-state index is 0.263. The van der Waals surface area contributed by atoms with Gasteiger partial charge in [-0.15, -0.1) is 0 Å². The number of nitrogens with one attached hydrogen (secondary N) is 1. The fourth-order valence-corrected chi connectivity index (χ4v) is 3.73. The predicted octanol–water partition coefficient (Wildman–Crippen LogP) is 2.50. The minimum atomic E-state index is -0.901. The summed E-state index contributed by atoms with van der Waals surface area (Å²) in [5, 5.41) is 4.87. The summed E-state index contributed by atoms with van der Waals surface area (Å²) < 4.78 is 16.1. The number of fused-ring (bicyclic) bond motifs is 3. The van der Waals surface area contributed by atoms with Crippen LogP contribution >= 0.6 is 11.8 Å². The molecule has 27 heavy (non-hydrogen) atoms. The van der Waals surface area contributed by atoms with Gasteiger partial charge in [0.05, 0.1) is 16.8 Å². The zero-order valence-electron chi connectivity index (χ0n) is 14.6. The zero-order valence-corrected chi connectivity index (χ0v) is 15.5. The maximum absolute atomic E-state index is 14.7. The smallest absolute Gasteiger partial charge is 0.291 e. The Labute approximate surface area is 158 Å². The van der Waals surface area contributed by atoms with Crippen LogP contribution in [0.4, 0.5) is 10.1 Å². The highest BCUT2D eigenvalue weighted by Gasteiger charge is 2.45. The van der Waals surface area contributed by atoms with Crippen molar-refractivity contribution >= 4 is 23.4 Å². The van der Waals surface area contributed by atoms with Gasteiger partial charge in [0.15, 0.2) is 0 Å². The topological polar surface area (TPSA) is 69.9 Å². The molecule has 4 rings (SSSR count). The molecule has 0 spiro atoms. The Bertz CT molecular complexity index is 1110. The second-order valence-electron chi connectivity index (χ2n) is 6.06. The van der Waals surface area contributed by atoms with Gasteiger partial charge in [-0.05, 0) is 35.2 Å². The summed E-state index contributed by atoms with van der Waals surface area (Å²) >= 11 is 1.26. The highest BCUT2D eigenvalue weighted by atomic mass is 32.2. The lowest BCUT2D eigenvalue weighted by Crippen LogP contribution is -2.60. The first-order valence-corrected chi connectivity index (χ1v) is 9.49. The highest BCUT2D eigenvalue weighted by Crippen LogP contribution is 2.37. The second-order valence-corrected chi connectivity index (χ2v) is 6.85. The normalized spacial score (nSPS) is 15.2. The Hall–Kier alpha value is -3.00. The van der Waals surface area contributed by atoms with Crippen LogP contribution in [-0.4, -0.2) is 22.2 Å². The van der Waals surface area contributed by atoms with Gasteiger partial charge in [-0.1, -0.05) is 36.0 Å². The summed E-state index contributed by atoms with van der Waals surface area (Å²) in [6.07, 6.45) is 0.879. The summed E-state index contributed by atoms with van der Waals surface area (Å²) in [7, 11) is 0. The van der Waals surface area contributed by atoms with Crippen LogP contribution in [-0.2, 0) is 4.79 Å². The first-order chi connectivity index (χ1) is 13.0. The molecule has 0 fully saturated rings. The van der Waals surface area contributed by atoms with Crippen LogP contribution in [0.15, 0.2) is 58.5 Å². The van der Waals surface area contributed by atoms with Crippen LogP contribution in [0.2, 0.25) is 0 Å². The highest BCUT2D eigenvalue weighted by molar-refractivity contribution is 7.98. The molecule has 0 saturated heterocycles. The molecule has 2 heterocycles. The number of aromatic nitrogens is 3. The molecule has 1 aliphatic rings. The largest absolute Gasteiger partial charge is 0.325 e. The van der Waals surface area contributed by atoms with Crippen LogP contribution in [0.3, 0.4) is 0 Å². The van der Waals surface area contributed by atoms with Crippen LogP contribution in [0.5, 0.6) is 0 Å². The molecule has 136 valence electrons. The number of hydrogen-bond donors (Lipinski definition) is 1. The summed E-state index contributed by atoms with van der Waals surface area (Å²) in [4.78, 5) is 29.6. The number of carbonyl (C=O) groups excluding carboxylic acids is 1. The number of H-pyrrole nitrogens is 1. The maximum atomic E-state index is 14.7. The van der Waals surface area contributed by atoms with E-state index in [9.17, 15) is 14.0 Å². The monoisotopic (exact) mass is 383 g/mol. The summed E-state index contributed by atoms with van der Waals surface area (Å²) in [6, 6.07) is 13.3. The van der Waals surface area contributed by atoms with E-state index in [4.69, 9.17) is 0 Å². The van der Waals surface area contributed by atoms with Crippen molar-refractivity contribution < 1.29 is 13.9 Å². The van der Waals surface area contributed by atoms with Crippen molar-refractivity contribution in [2.45, 2.75) is 18.2 Å². The van der Waals surface area contributed by atoms with Crippen molar-refractivity contribution in [3.63, 3.8) is 0 Å². The maximum Gasteiger partial charge on any atom is 0.325 e. The lowest BCUT2D eigenvalue weighted by atomic mass is 10.0. The molecular weight excluding hydrogens is 367 g/mol. The molecule has 1 aromatic heterocycles. The number of thioether (sulfide) groups is 1. The van der Waals surface area contributed by atoms with E-state index >= 15 is 0 Å². The van der Waals surface area contributed by atoms with E-state index < -0.39 is 12.0 Å². The first kappa shape index (κ1) is 17.4. The molecule has 0 bridgehead atoms. The van der Waals surface area contributed by atoms with Gasteiger partial charge in [0, 0.05) is 12.0 Å². The number of amides is 1. The lowest BCUT2D eigenvalue weighted by molar-refractivity contribution is -0.763. The van der Waals surface area contributed by atoms with Gasteiger partial charge in [-0.3, -0.25) is 14.6 Å². The number of rotatable bonds is 2. The second kappa shape index (κ2) is 6.62. The third-order valence-corrected chi connectivity index (χ3v) is 5.04. The van der Waals surface area contributed by atoms with E-state index in [1.807, 2.05) is 0 Å². The van der Waals surface area contributed by atoms with Crippen LogP contribution in [0, 0.1) is 5.82 Å². The number of halogens is 1. The SMILES string of the molecule is CSc1n[n+]2c(c(=O)[nH]1)-c1ccccc1N(C(C)=O)[C@H]2c1ccccc1F. The van der Waals surface area contributed by atoms with Crippen molar-refractivity contribution in [2.75, 3.05) is 11.2 Å². The Kier molecular flexibility index (Phi) is 4.27. The van der Waals surface area contributed by atoms with E-state index in [1.165, 1.54) is 34.3 Å². The van der Waals surface area contributed by atoms with Crippen molar-refractivity contribution in [3.05, 3.63) is 70.3 Å². The number of para-hydroxylation sites is 1. The fraction of sp³-hybridized carbons (Fsp3) is 0.158. The van der Waals surface area contributed by atoms with Gasteiger partial charge in [-0.25, -0.2) is 9.29 Å². The third-order valence-electron chi connectivity index (χ3n) is 4.47. The number of carbonyl (C=O) groups is 1. The van der Waals surface area contributed by atoms with Crippen LogP contribution in [0.25, 0.3) is 11.3 Å². The van der Waals surface area contributed by atoms with Gasteiger partial charge in [0.1, 0.15) is 5.82 Å². The molecule has 3 aromatic rings. The molecule has 1 amide bonds. The zero-order chi connectivity index (χ0) is 19.1. The average molecular weight is 383 g/mol. The van der Waals surface area contributed by atoms with E-state index in [1.54, 1.807) is 48.7 Å². The quantitative estimate of drug-likeness (QED) is 0.545. The van der Waals surface area contributed by atoms with Gasteiger partial charge < -0.3 is 0 Å². The molecule has 8 heteroatoms. The number of hydrogen-bond acceptors (Lipinski definition) is 4. The molecule has 6 nitrogen and oxygen atoms in total. The Balaban J connectivity index is 2.12. The fourth-order valence-electron chi connectivity index (χ4n) is 3.37. The van der Waals surface area contributed by atoms with Gasteiger partial charge in [-0.2, -0.15) is 0 Å². The Morgan fingerprint density at radius 3 is 2.63 bits per heavy atom. The molecule has 0 saturated carbocycles. The van der Waals surface area contributed by atoms with Crippen molar-refractivity contribution in [1.29, 1.82) is 0 Å². The van der Waals surface area contributed by atoms with Crippen molar-refractivity contribution in [2.24, 2.45) is 0 Å². The molecule has 0 aliphatic carbocycles. The van der Waals surface area contributed by atoms with Crippen LogP contribution < -0.4 is 15.1 Å². The standard InChI is InChI=1S/C19H15FN4O2S/c1-11(25)23-15-10-6-4-8-13(15)16-17(26)21-19(27-2)22-24(16)18(23)12-7-3-5-9-14(12)20/h3-10,18H,1-2H3/p+1/t18-/m1/s1. The van der Waals surface area contributed by atoms with E-state index in [-0.39, 0.29) is 22.7 Å². The average Bonchev–Trinajstić information content (AvgIpc) is 2.66. The summed E-state index contributed by atoms with van der Waals surface area (Å²) in [5.41, 5.74) is 1.32. The third kappa shape index (κ3) is 2.73. The lowest BCUT2D eigenvalue weighted by Gasteiger charge is -2.31. The van der Waals surface area contributed by atoms with Gasteiger partial charge in [0.25, 0.3) is 6.17 Å². The van der Waals surface area contributed by atoms with E-state index in [0.29, 0.717) is 16.4 Å². The Morgan fingerprint density at radius 1 is 1.22 bits per heavy atom. The molecule has 1 N–H and O–H groups in total. The number of anilines is 1. The Morgan fingerprint density at radius 2 is 1.93 bits per heavy atom. The van der Waals surface area contributed by atoms with Crippen molar-refractivity contribution in [1.82, 2.24) is 10.1 Å². The minimum Gasteiger partial charge on any atom is -0.291 e. The predicted molar refractivity (Wildman–Crippen MR) is 100.0 cm³/mol. The molecule has 0 radical (unpaired) electrons. The number of aromatic amines is 1. The van der Waals surface area contributed by atoms with Gasteiger partial charge >= 0.3 is 11.3 Å². The molecule has 1 atom stereocenters. The van der Waals surface area contributed by atoms with Crippen LogP contribution in [0.1, 0.15) is 18.7 Å². The number of benzene rings is 2. The van der Waals surface area contributed by atoms with Crippen molar-refractivity contribution in [3.8, 4) is 11.3 Å². The van der Waals surface area contributed by atoms with E-state index in [2.05, 4.69) is 10.1 Å². The first-order valence-electron chi connectivity index (χ1n) is 8.26. The molecule has 1 aliphatic heterocycles. The van der Waals surface area contributed by atoms with Gasteiger partial charge in [0.2, 0.25) is 11.1 Å². The van der Waals surface area contributed by atoms with E-state index in [0.717, 1.165) is 0 Å². The summed E-state index contributed by atoms with van der Waals surface area (Å²) in [5.74, 6) is -0.749. The molecule has 2 aromatic carbocycles. The molecular formula is C19H16FN4O2S+. The number of nitrogens with zero attached hydrogens (tertiary/aromatic N) is 3. The summed E-state index contributed by atoms with van der Waals surface area (Å²) in [6.45, 7) is 1.42. The molecule has 0 unspecified atom stereocenters.